The number of alkyl carbamates (subject to hydrolysis) is 1. The van der Waals surface area contributed by atoms with Crippen LogP contribution in [0.2, 0.25) is 0 Å². The Morgan fingerprint density at radius 3 is 2.04 bits per heavy atom. The van der Waals surface area contributed by atoms with Gasteiger partial charge in [-0.05, 0) is 60.5 Å². The van der Waals surface area contributed by atoms with Crippen molar-refractivity contribution in [2.75, 3.05) is 0 Å². The molecule has 2 amide bonds. The molecule has 0 aliphatic heterocycles. The number of rotatable bonds is 6. The molecule has 0 fully saturated rings. The van der Waals surface area contributed by atoms with Gasteiger partial charge in [0.1, 0.15) is 11.6 Å². The van der Waals surface area contributed by atoms with Gasteiger partial charge in [-0.3, -0.25) is 9.59 Å². The minimum atomic E-state index is -0.718. The number of ketones is 1. The molecule has 0 unspecified atom stereocenters. The van der Waals surface area contributed by atoms with Gasteiger partial charge in [0.15, 0.2) is 5.78 Å². The molecule has 6 nitrogen and oxygen atoms in total. The highest BCUT2D eigenvalue weighted by molar-refractivity contribution is 5.94. The van der Waals surface area contributed by atoms with E-state index in [0.717, 1.165) is 5.56 Å². The first kappa shape index (κ1) is 21.7. The summed E-state index contributed by atoms with van der Waals surface area (Å²) in [4.78, 5) is 35.5. The quantitative estimate of drug-likeness (QED) is 0.761. The normalized spacial score (nSPS) is 12.9. The molecule has 0 spiro atoms. The van der Waals surface area contributed by atoms with E-state index in [1.807, 2.05) is 26.0 Å². The van der Waals surface area contributed by atoms with Gasteiger partial charge in [-0.15, -0.1) is 0 Å². The lowest BCUT2D eigenvalue weighted by Gasteiger charge is -2.29. The fourth-order valence-corrected chi connectivity index (χ4v) is 2.40. The van der Waals surface area contributed by atoms with Crippen LogP contribution in [0.4, 0.5) is 4.79 Å². The zero-order valence-corrected chi connectivity index (χ0v) is 16.7. The number of carbonyl (C=O) groups excluding carboxylic acids is 3. The molecule has 0 bridgehead atoms. The molecule has 6 heteroatoms. The molecule has 0 saturated heterocycles. The Kier molecular flexibility index (Phi) is 6.95. The van der Waals surface area contributed by atoms with Gasteiger partial charge in [-0.25, -0.2) is 4.79 Å². The van der Waals surface area contributed by atoms with E-state index in [9.17, 15) is 14.4 Å². The minimum Gasteiger partial charge on any atom is -0.444 e. The molecule has 0 saturated carbocycles. The zero-order chi connectivity index (χ0) is 20.1. The molecule has 1 aromatic rings. The third kappa shape index (κ3) is 7.68. The van der Waals surface area contributed by atoms with Crippen molar-refractivity contribution < 1.29 is 19.1 Å². The first-order chi connectivity index (χ1) is 11.8. The molecule has 26 heavy (non-hydrogen) atoms. The van der Waals surface area contributed by atoms with Crippen LogP contribution >= 0.6 is 0 Å². The summed E-state index contributed by atoms with van der Waals surface area (Å²) in [6, 6.07) is 6.61. The molecular weight excluding hydrogens is 332 g/mol. The van der Waals surface area contributed by atoms with Crippen molar-refractivity contribution >= 4 is 17.8 Å². The van der Waals surface area contributed by atoms with E-state index >= 15 is 0 Å². The van der Waals surface area contributed by atoms with Crippen LogP contribution in [0, 0.1) is 0 Å². The van der Waals surface area contributed by atoms with Crippen molar-refractivity contribution in [3.63, 3.8) is 0 Å². The van der Waals surface area contributed by atoms with Crippen LogP contribution in [-0.4, -0.2) is 35.0 Å². The smallest absolute Gasteiger partial charge is 0.408 e. The Morgan fingerprint density at radius 1 is 1.04 bits per heavy atom. The zero-order valence-electron chi connectivity index (χ0n) is 16.7. The van der Waals surface area contributed by atoms with Gasteiger partial charge in [0.2, 0.25) is 5.91 Å². The Morgan fingerprint density at radius 2 is 1.58 bits per heavy atom. The Hall–Kier alpha value is -2.37. The van der Waals surface area contributed by atoms with Gasteiger partial charge in [0, 0.05) is 11.1 Å². The van der Waals surface area contributed by atoms with Crippen molar-refractivity contribution in [1.82, 2.24) is 10.6 Å². The SMILES string of the molecule is CC(=O)c1ccc(CC(C)(C)NC(=O)[C@H](C)NC(=O)OC(C)(C)C)cc1. The molecule has 0 heterocycles. The Balaban J connectivity index is 2.62. The third-order valence-corrected chi connectivity index (χ3v) is 3.59. The lowest BCUT2D eigenvalue weighted by molar-refractivity contribution is -0.124. The van der Waals surface area contributed by atoms with Gasteiger partial charge in [-0.1, -0.05) is 24.3 Å². The third-order valence-electron chi connectivity index (χ3n) is 3.59. The summed E-state index contributed by atoms with van der Waals surface area (Å²) in [5.74, 6) is -0.271. The van der Waals surface area contributed by atoms with Gasteiger partial charge < -0.3 is 15.4 Å². The predicted molar refractivity (Wildman–Crippen MR) is 101 cm³/mol. The number of ether oxygens (including phenoxy) is 1. The molecule has 1 rings (SSSR count). The monoisotopic (exact) mass is 362 g/mol. The molecule has 0 aliphatic rings. The van der Waals surface area contributed by atoms with Crippen LogP contribution < -0.4 is 10.6 Å². The van der Waals surface area contributed by atoms with Gasteiger partial charge in [-0.2, -0.15) is 0 Å². The number of amides is 2. The van der Waals surface area contributed by atoms with E-state index in [0.29, 0.717) is 12.0 Å². The molecule has 0 radical (unpaired) electrons. The van der Waals surface area contributed by atoms with E-state index in [1.54, 1.807) is 39.8 Å². The maximum atomic E-state index is 12.4. The summed E-state index contributed by atoms with van der Waals surface area (Å²) >= 11 is 0. The molecule has 0 aliphatic carbocycles. The van der Waals surface area contributed by atoms with Gasteiger partial charge >= 0.3 is 6.09 Å². The summed E-state index contributed by atoms with van der Waals surface area (Å²) < 4.78 is 5.16. The van der Waals surface area contributed by atoms with Crippen LogP contribution in [-0.2, 0) is 16.0 Å². The number of nitrogens with one attached hydrogen (secondary N) is 2. The van der Waals surface area contributed by atoms with Crippen molar-refractivity contribution in [3.8, 4) is 0 Å². The van der Waals surface area contributed by atoms with E-state index in [1.165, 1.54) is 6.92 Å². The fraction of sp³-hybridized carbons (Fsp3) is 0.550. The number of hydrogen-bond donors (Lipinski definition) is 2. The van der Waals surface area contributed by atoms with Crippen molar-refractivity contribution in [1.29, 1.82) is 0 Å². The standard InChI is InChI=1S/C20H30N2O4/c1-13(21-18(25)26-19(3,4)5)17(24)22-20(6,7)12-15-8-10-16(11-9-15)14(2)23/h8-11,13H,12H2,1-7H3,(H,21,25)(H,22,24)/t13-/m0/s1. The van der Waals surface area contributed by atoms with Crippen molar-refractivity contribution in [3.05, 3.63) is 35.4 Å². The molecule has 0 aromatic heterocycles. The summed E-state index contributed by atoms with van der Waals surface area (Å²) in [5.41, 5.74) is 0.531. The Labute approximate surface area is 155 Å². The number of carbonyl (C=O) groups is 3. The summed E-state index contributed by atoms with van der Waals surface area (Å²) in [5, 5.41) is 5.47. The predicted octanol–water partition coefficient (Wildman–Crippen LogP) is 3.24. The number of Topliss-reactive ketones (excluding diaryl/α,β-unsaturated/α-hetero) is 1. The van der Waals surface area contributed by atoms with E-state index < -0.39 is 23.3 Å². The van der Waals surface area contributed by atoms with Crippen LogP contribution in [0.25, 0.3) is 0 Å². The summed E-state index contributed by atoms with van der Waals surface area (Å²) in [6.07, 6.45) is -0.0337. The maximum Gasteiger partial charge on any atom is 0.408 e. The minimum absolute atomic E-state index is 0.0196. The van der Waals surface area contributed by atoms with Gasteiger partial charge in [0.05, 0.1) is 0 Å². The molecule has 2 N–H and O–H groups in total. The Bertz CT molecular complexity index is 657. The highest BCUT2D eigenvalue weighted by Crippen LogP contribution is 2.14. The van der Waals surface area contributed by atoms with Crippen LogP contribution in [0.3, 0.4) is 0 Å². The topological polar surface area (TPSA) is 84.5 Å². The van der Waals surface area contributed by atoms with E-state index in [4.69, 9.17) is 4.74 Å². The highest BCUT2D eigenvalue weighted by Gasteiger charge is 2.26. The van der Waals surface area contributed by atoms with E-state index in [2.05, 4.69) is 10.6 Å². The van der Waals surface area contributed by atoms with Crippen molar-refractivity contribution in [2.24, 2.45) is 0 Å². The fourth-order valence-electron chi connectivity index (χ4n) is 2.40. The van der Waals surface area contributed by atoms with E-state index in [-0.39, 0.29) is 11.7 Å². The average Bonchev–Trinajstić information content (AvgIpc) is 2.44. The number of hydrogen-bond acceptors (Lipinski definition) is 4. The van der Waals surface area contributed by atoms with Crippen LogP contribution in [0.5, 0.6) is 0 Å². The first-order valence-corrected chi connectivity index (χ1v) is 8.70. The second-order valence-corrected chi connectivity index (χ2v) is 8.17. The second kappa shape index (κ2) is 8.34. The summed E-state index contributed by atoms with van der Waals surface area (Å²) in [7, 11) is 0. The molecule has 1 atom stereocenters. The van der Waals surface area contributed by atoms with Crippen LogP contribution in [0.1, 0.15) is 64.4 Å². The van der Waals surface area contributed by atoms with Gasteiger partial charge in [0.25, 0.3) is 0 Å². The van der Waals surface area contributed by atoms with Crippen molar-refractivity contribution in [2.45, 2.75) is 72.1 Å². The summed E-state index contributed by atoms with van der Waals surface area (Å²) in [6.45, 7) is 12.2. The lowest BCUT2D eigenvalue weighted by atomic mass is 9.93. The second-order valence-electron chi connectivity index (χ2n) is 8.17. The lowest BCUT2D eigenvalue weighted by Crippen LogP contribution is -2.53. The maximum absolute atomic E-state index is 12.4. The molecule has 1 aromatic carbocycles. The first-order valence-electron chi connectivity index (χ1n) is 8.70. The average molecular weight is 362 g/mol. The largest absolute Gasteiger partial charge is 0.444 e. The number of benzene rings is 1. The highest BCUT2D eigenvalue weighted by atomic mass is 16.6. The molecule has 144 valence electrons. The van der Waals surface area contributed by atoms with Crippen LogP contribution in [0.15, 0.2) is 24.3 Å². The molecular formula is C20H30N2O4.